The van der Waals surface area contributed by atoms with E-state index in [4.69, 9.17) is 4.74 Å². The number of hydrogen-bond acceptors (Lipinski definition) is 3. The highest BCUT2D eigenvalue weighted by Gasteiger charge is 2.26. The van der Waals surface area contributed by atoms with Gasteiger partial charge in [0.05, 0.1) is 0 Å². The van der Waals surface area contributed by atoms with Crippen LogP contribution in [-0.2, 0) is 16.1 Å². The highest BCUT2D eigenvalue weighted by Crippen LogP contribution is 2.10. The van der Waals surface area contributed by atoms with Crippen molar-refractivity contribution in [1.82, 2.24) is 10.6 Å². The Labute approximate surface area is 138 Å². The summed E-state index contributed by atoms with van der Waals surface area (Å²) in [6.07, 6.45) is -0.581. The Morgan fingerprint density at radius 1 is 1.17 bits per heavy atom. The Bertz CT molecular complexity index is 547. The quantitative estimate of drug-likeness (QED) is 0.875. The second kappa shape index (κ2) is 7.99. The van der Waals surface area contributed by atoms with E-state index in [1.807, 2.05) is 45.0 Å². The van der Waals surface area contributed by atoms with Crippen LogP contribution >= 0.6 is 0 Å². The molecule has 1 aromatic carbocycles. The van der Waals surface area contributed by atoms with Gasteiger partial charge in [-0.2, -0.15) is 0 Å². The number of hydrogen-bond donors (Lipinski definition) is 2. The maximum atomic E-state index is 12.4. The van der Waals surface area contributed by atoms with Gasteiger partial charge in [0.1, 0.15) is 11.6 Å². The van der Waals surface area contributed by atoms with Crippen LogP contribution < -0.4 is 10.6 Å². The average Bonchev–Trinajstić information content (AvgIpc) is 2.41. The minimum atomic E-state index is -0.631. The van der Waals surface area contributed by atoms with Gasteiger partial charge in [0, 0.05) is 6.54 Å². The van der Waals surface area contributed by atoms with Gasteiger partial charge in [-0.1, -0.05) is 38.1 Å². The zero-order valence-electron chi connectivity index (χ0n) is 14.9. The molecule has 0 aliphatic heterocycles. The minimum absolute atomic E-state index is 0.0422. The largest absolute Gasteiger partial charge is 0.444 e. The van der Waals surface area contributed by atoms with Gasteiger partial charge < -0.3 is 15.4 Å². The van der Waals surface area contributed by atoms with Crippen molar-refractivity contribution in [2.45, 2.75) is 59.7 Å². The number of carbonyl (C=O) groups excluding carboxylic acids is 2. The average molecular weight is 320 g/mol. The molecule has 0 unspecified atom stereocenters. The molecule has 0 saturated heterocycles. The Kier molecular flexibility index (Phi) is 6.61. The summed E-state index contributed by atoms with van der Waals surface area (Å²) in [6, 6.07) is 7.24. The third kappa shape index (κ3) is 6.72. The van der Waals surface area contributed by atoms with E-state index in [-0.39, 0.29) is 11.8 Å². The number of aryl methyl sites for hydroxylation is 1. The summed E-state index contributed by atoms with van der Waals surface area (Å²) in [5, 5.41) is 5.53. The monoisotopic (exact) mass is 320 g/mol. The first-order valence-corrected chi connectivity index (χ1v) is 7.92. The van der Waals surface area contributed by atoms with Crippen molar-refractivity contribution in [1.29, 1.82) is 0 Å². The van der Waals surface area contributed by atoms with Crippen LogP contribution in [0.5, 0.6) is 0 Å². The topological polar surface area (TPSA) is 67.4 Å². The summed E-state index contributed by atoms with van der Waals surface area (Å²) in [6.45, 7) is 11.6. The Morgan fingerprint density at radius 3 is 2.30 bits per heavy atom. The lowest BCUT2D eigenvalue weighted by Gasteiger charge is -2.25. The third-order valence-electron chi connectivity index (χ3n) is 3.34. The highest BCUT2D eigenvalue weighted by molar-refractivity contribution is 5.85. The van der Waals surface area contributed by atoms with Crippen LogP contribution in [0.25, 0.3) is 0 Å². The molecule has 1 rings (SSSR count). The number of amides is 2. The van der Waals surface area contributed by atoms with Gasteiger partial charge in [-0.25, -0.2) is 4.79 Å². The second-order valence-electron chi connectivity index (χ2n) is 7.01. The van der Waals surface area contributed by atoms with Gasteiger partial charge in [-0.05, 0) is 44.7 Å². The molecule has 1 atom stereocenters. The minimum Gasteiger partial charge on any atom is -0.444 e. The number of rotatable bonds is 5. The molecule has 0 spiro atoms. The summed E-state index contributed by atoms with van der Waals surface area (Å²) in [5.74, 6) is -0.256. The molecule has 2 amide bonds. The first-order chi connectivity index (χ1) is 10.6. The van der Waals surface area contributed by atoms with E-state index in [1.54, 1.807) is 20.8 Å². The van der Waals surface area contributed by atoms with Crippen LogP contribution in [0.3, 0.4) is 0 Å². The maximum Gasteiger partial charge on any atom is 0.408 e. The van der Waals surface area contributed by atoms with Crippen LogP contribution in [0, 0.1) is 12.8 Å². The lowest BCUT2D eigenvalue weighted by Crippen LogP contribution is -2.50. The van der Waals surface area contributed by atoms with Crippen molar-refractivity contribution in [3.8, 4) is 0 Å². The molecule has 0 radical (unpaired) electrons. The molecule has 0 fully saturated rings. The van der Waals surface area contributed by atoms with Gasteiger partial charge in [-0.3, -0.25) is 4.79 Å². The van der Waals surface area contributed by atoms with E-state index in [2.05, 4.69) is 10.6 Å². The second-order valence-corrected chi connectivity index (χ2v) is 7.01. The number of ether oxygens (including phenoxy) is 1. The smallest absolute Gasteiger partial charge is 0.408 e. The summed E-state index contributed by atoms with van der Waals surface area (Å²) in [4.78, 5) is 24.3. The van der Waals surface area contributed by atoms with Crippen LogP contribution in [0.4, 0.5) is 4.79 Å². The van der Waals surface area contributed by atoms with Gasteiger partial charge in [0.25, 0.3) is 0 Å². The normalized spacial score (nSPS) is 12.7. The molecule has 0 aliphatic rings. The fraction of sp³-hybridized carbons (Fsp3) is 0.556. The van der Waals surface area contributed by atoms with Crippen molar-refractivity contribution >= 4 is 12.0 Å². The molecule has 5 heteroatoms. The fourth-order valence-electron chi connectivity index (χ4n) is 2.07. The van der Waals surface area contributed by atoms with Crippen molar-refractivity contribution in [3.63, 3.8) is 0 Å². The Hall–Kier alpha value is -2.04. The number of carbonyl (C=O) groups is 2. The molecule has 23 heavy (non-hydrogen) atoms. The molecule has 1 aromatic rings. The Morgan fingerprint density at radius 2 is 1.78 bits per heavy atom. The van der Waals surface area contributed by atoms with Gasteiger partial charge in [0.15, 0.2) is 0 Å². The van der Waals surface area contributed by atoms with Crippen molar-refractivity contribution in [3.05, 3.63) is 35.4 Å². The predicted molar refractivity (Wildman–Crippen MR) is 91.0 cm³/mol. The molecule has 0 saturated carbocycles. The summed E-state index contributed by atoms with van der Waals surface area (Å²) in [7, 11) is 0. The molecule has 0 bridgehead atoms. The number of benzene rings is 1. The van der Waals surface area contributed by atoms with E-state index < -0.39 is 17.7 Å². The van der Waals surface area contributed by atoms with E-state index in [9.17, 15) is 9.59 Å². The molecule has 0 aliphatic carbocycles. The van der Waals surface area contributed by atoms with Crippen molar-refractivity contribution < 1.29 is 14.3 Å². The summed E-state index contributed by atoms with van der Waals surface area (Å²) < 4.78 is 5.22. The van der Waals surface area contributed by atoms with Gasteiger partial charge in [-0.15, -0.1) is 0 Å². The third-order valence-corrected chi connectivity index (χ3v) is 3.34. The van der Waals surface area contributed by atoms with Crippen LogP contribution in [-0.4, -0.2) is 23.6 Å². The summed E-state index contributed by atoms with van der Waals surface area (Å²) in [5.41, 5.74) is 1.58. The van der Waals surface area contributed by atoms with E-state index in [0.717, 1.165) is 11.1 Å². The predicted octanol–water partition coefficient (Wildman–Crippen LogP) is 3.16. The fourth-order valence-corrected chi connectivity index (χ4v) is 2.07. The first-order valence-electron chi connectivity index (χ1n) is 7.92. The lowest BCUT2D eigenvalue weighted by molar-refractivity contribution is -0.124. The molecule has 2 N–H and O–H groups in total. The van der Waals surface area contributed by atoms with E-state index in [0.29, 0.717) is 6.54 Å². The zero-order valence-corrected chi connectivity index (χ0v) is 14.9. The number of alkyl carbamates (subject to hydrolysis) is 1. The van der Waals surface area contributed by atoms with Gasteiger partial charge >= 0.3 is 6.09 Å². The van der Waals surface area contributed by atoms with Gasteiger partial charge in [0.2, 0.25) is 5.91 Å². The molecule has 0 aromatic heterocycles. The Balaban J connectivity index is 2.65. The van der Waals surface area contributed by atoms with E-state index in [1.165, 1.54) is 0 Å². The maximum absolute atomic E-state index is 12.4. The van der Waals surface area contributed by atoms with Crippen LogP contribution in [0.2, 0.25) is 0 Å². The first kappa shape index (κ1) is 19.0. The van der Waals surface area contributed by atoms with E-state index >= 15 is 0 Å². The standard InChI is InChI=1S/C18H28N2O3/c1-12(2)15(20-17(22)23-18(4,5)6)16(21)19-11-14-10-8-7-9-13(14)3/h7-10,12,15H,11H2,1-6H3,(H,19,21)(H,20,22)/t15-/m0/s1. The molecular weight excluding hydrogens is 292 g/mol. The lowest BCUT2D eigenvalue weighted by atomic mass is 10.0. The molecule has 128 valence electrons. The molecule has 0 heterocycles. The molecule has 5 nitrogen and oxygen atoms in total. The highest BCUT2D eigenvalue weighted by atomic mass is 16.6. The molecular formula is C18H28N2O3. The number of nitrogens with one attached hydrogen (secondary N) is 2. The zero-order chi connectivity index (χ0) is 17.6. The van der Waals surface area contributed by atoms with Crippen LogP contribution in [0.1, 0.15) is 45.7 Å². The van der Waals surface area contributed by atoms with Crippen molar-refractivity contribution in [2.75, 3.05) is 0 Å². The van der Waals surface area contributed by atoms with Crippen molar-refractivity contribution in [2.24, 2.45) is 5.92 Å². The SMILES string of the molecule is Cc1ccccc1CNC(=O)[C@@H](NC(=O)OC(C)(C)C)C(C)C. The summed E-state index contributed by atoms with van der Waals surface area (Å²) >= 11 is 0. The van der Waals surface area contributed by atoms with Crippen LogP contribution in [0.15, 0.2) is 24.3 Å².